The van der Waals surface area contributed by atoms with E-state index < -0.39 is 0 Å². The molecule has 1 aromatic rings. The molecule has 0 aliphatic carbocycles. The number of nitrogens with zero attached hydrogens (tertiary/aromatic N) is 2. The maximum Gasteiger partial charge on any atom is 0.253 e. The van der Waals surface area contributed by atoms with Crippen LogP contribution in [0, 0.1) is 11.8 Å². The van der Waals surface area contributed by atoms with Crippen molar-refractivity contribution < 1.29 is 4.79 Å². The summed E-state index contributed by atoms with van der Waals surface area (Å²) in [5.41, 5.74) is 1.49. The van der Waals surface area contributed by atoms with Crippen molar-refractivity contribution in [1.82, 2.24) is 4.90 Å². The third-order valence-electron chi connectivity index (χ3n) is 5.61. The summed E-state index contributed by atoms with van der Waals surface area (Å²) in [6.07, 6.45) is 9.57. The van der Waals surface area contributed by atoms with Crippen LogP contribution in [0.1, 0.15) is 89.4 Å². The van der Waals surface area contributed by atoms with Gasteiger partial charge in [-0.2, -0.15) is 0 Å². The Labute approximate surface area is 167 Å². The highest BCUT2D eigenvalue weighted by atomic mass is 16.2. The van der Waals surface area contributed by atoms with Crippen LogP contribution in [-0.2, 0) is 0 Å². The Morgan fingerprint density at radius 3 is 2.00 bits per heavy atom. The van der Waals surface area contributed by atoms with Crippen LogP contribution in [-0.4, -0.2) is 30.6 Å². The molecule has 1 rings (SSSR count). The molecule has 1 aromatic carbocycles. The van der Waals surface area contributed by atoms with E-state index in [1.807, 2.05) is 24.3 Å². The summed E-state index contributed by atoms with van der Waals surface area (Å²) in [6.45, 7) is 14.3. The first kappa shape index (κ1) is 23.4. The van der Waals surface area contributed by atoms with Crippen LogP contribution >= 0.6 is 0 Å². The smallest absolute Gasteiger partial charge is 0.253 e. The molecule has 27 heavy (non-hydrogen) atoms. The normalized spacial score (nSPS) is 13.2. The molecule has 0 fully saturated rings. The highest BCUT2D eigenvalue weighted by Gasteiger charge is 2.22. The second-order valence-corrected chi connectivity index (χ2v) is 7.75. The fourth-order valence-corrected chi connectivity index (χ4v) is 3.62. The lowest BCUT2D eigenvalue weighted by molar-refractivity contribution is 0.0685. The third-order valence-corrected chi connectivity index (χ3v) is 5.61. The number of hydrogen-bond acceptors (Lipinski definition) is 2. The first-order valence-corrected chi connectivity index (χ1v) is 10.9. The van der Waals surface area contributed by atoms with Crippen LogP contribution < -0.4 is 0 Å². The number of rotatable bonds is 14. The van der Waals surface area contributed by atoms with Gasteiger partial charge < -0.3 is 4.90 Å². The molecule has 0 radical (unpaired) electrons. The first-order chi connectivity index (χ1) is 13.1. The van der Waals surface area contributed by atoms with Gasteiger partial charge in [-0.3, -0.25) is 9.79 Å². The number of carbonyl (C=O) groups excluding carboxylic acids is 1. The minimum Gasteiger partial charge on any atom is -0.338 e. The molecule has 0 aromatic heterocycles. The predicted octanol–water partition coefficient (Wildman–Crippen LogP) is 6.89. The summed E-state index contributed by atoms with van der Waals surface area (Å²) in [4.78, 5) is 19.4. The Hall–Kier alpha value is -1.64. The van der Waals surface area contributed by atoms with E-state index in [-0.39, 0.29) is 5.91 Å². The highest BCUT2D eigenvalue weighted by Crippen LogP contribution is 2.22. The van der Waals surface area contributed by atoms with Gasteiger partial charge in [0.1, 0.15) is 0 Å². The monoisotopic (exact) mass is 372 g/mol. The summed E-state index contributed by atoms with van der Waals surface area (Å²) < 4.78 is 0. The van der Waals surface area contributed by atoms with Crippen molar-refractivity contribution in [2.45, 2.75) is 79.1 Å². The molecule has 0 aliphatic heterocycles. The zero-order valence-corrected chi connectivity index (χ0v) is 18.0. The second-order valence-electron chi connectivity index (χ2n) is 7.75. The van der Waals surface area contributed by atoms with E-state index in [1.165, 1.54) is 38.5 Å². The molecule has 2 unspecified atom stereocenters. The average Bonchev–Trinajstić information content (AvgIpc) is 2.72. The quantitative estimate of drug-likeness (QED) is 0.327. The van der Waals surface area contributed by atoms with Gasteiger partial charge >= 0.3 is 0 Å². The highest BCUT2D eigenvalue weighted by molar-refractivity contribution is 5.95. The summed E-state index contributed by atoms with van der Waals surface area (Å²) >= 11 is 0. The molecule has 0 heterocycles. The van der Waals surface area contributed by atoms with Gasteiger partial charge in [0.25, 0.3) is 5.91 Å². The van der Waals surface area contributed by atoms with Crippen molar-refractivity contribution in [3.8, 4) is 0 Å². The molecule has 0 saturated heterocycles. The number of carbonyl (C=O) groups is 1. The molecule has 152 valence electrons. The number of unbranched alkanes of at least 4 members (excludes halogenated alkanes) is 2. The van der Waals surface area contributed by atoms with Gasteiger partial charge in [-0.05, 0) is 49.6 Å². The Morgan fingerprint density at radius 1 is 1.00 bits per heavy atom. The third kappa shape index (κ3) is 8.28. The molecular weight excluding hydrogens is 332 g/mol. The molecule has 0 N–H and O–H groups in total. The number of amides is 1. The van der Waals surface area contributed by atoms with Crippen LogP contribution in [0.5, 0.6) is 0 Å². The van der Waals surface area contributed by atoms with E-state index in [9.17, 15) is 4.79 Å². The second kappa shape index (κ2) is 13.5. The average molecular weight is 373 g/mol. The topological polar surface area (TPSA) is 32.7 Å². The lowest BCUT2D eigenvalue weighted by atomic mass is 9.95. The Bertz CT molecular complexity index is 537. The maximum atomic E-state index is 13.3. The van der Waals surface area contributed by atoms with Gasteiger partial charge in [0.05, 0.1) is 5.69 Å². The van der Waals surface area contributed by atoms with Gasteiger partial charge in [-0.1, -0.05) is 72.3 Å². The van der Waals surface area contributed by atoms with Crippen molar-refractivity contribution in [2.24, 2.45) is 16.8 Å². The maximum absolute atomic E-state index is 13.3. The number of aliphatic imine (C=N–C) groups is 1. The largest absolute Gasteiger partial charge is 0.338 e. The fourth-order valence-electron chi connectivity index (χ4n) is 3.62. The van der Waals surface area contributed by atoms with Gasteiger partial charge in [-0.25, -0.2) is 0 Å². The van der Waals surface area contributed by atoms with Gasteiger partial charge in [-0.15, -0.1) is 0 Å². The first-order valence-electron chi connectivity index (χ1n) is 10.9. The lowest BCUT2D eigenvalue weighted by Gasteiger charge is -2.31. The van der Waals surface area contributed by atoms with Gasteiger partial charge in [0.2, 0.25) is 0 Å². The fraction of sp³-hybridized carbons (Fsp3) is 0.667. The van der Waals surface area contributed by atoms with Crippen LogP contribution in [0.25, 0.3) is 0 Å². The van der Waals surface area contributed by atoms with Crippen molar-refractivity contribution in [2.75, 3.05) is 13.1 Å². The zero-order chi connectivity index (χ0) is 20.1. The van der Waals surface area contributed by atoms with Crippen LogP contribution in [0.3, 0.4) is 0 Å². The summed E-state index contributed by atoms with van der Waals surface area (Å²) in [7, 11) is 0. The summed E-state index contributed by atoms with van der Waals surface area (Å²) in [6, 6.07) is 7.56. The molecule has 1 amide bonds. The van der Waals surface area contributed by atoms with Crippen molar-refractivity contribution in [3.05, 3.63) is 29.8 Å². The Morgan fingerprint density at radius 2 is 1.56 bits per heavy atom. The van der Waals surface area contributed by atoms with Crippen LogP contribution in [0.2, 0.25) is 0 Å². The predicted molar refractivity (Wildman–Crippen MR) is 118 cm³/mol. The Kier molecular flexibility index (Phi) is 11.7. The van der Waals surface area contributed by atoms with Crippen molar-refractivity contribution in [1.29, 1.82) is 0 Å². The lowest BCUT2D eigenvalue weighted by Crippen LogP contribution is -2.39. The Balaban J connectivity index is 2.99. The van der Waals surface area contributed by atoms with E-state index in [1.54, 1.807) is 0 Å². The summed E-state index contributed by atoms with van der Waals surface area (Å²) in [5, 5.41) is 0. The van der Waals surface area contributed by atoms with E-state index >= 15 is 0 Å². The van der Waals surface area contributed by atoms with E-state index in [4.69, 9.17) is 0 Å². The molecule has 0 spiro atoms. The van der Waals surface area contributed by atoms with E-state index in [0.29, 0.717) is 11.8 Å². The standard InChI is InChI=1S/C24H40N2O/c1-6-10-13-20(8-3)18-26(19-21(9-4)14-11-7-2)24(27)22-15-12-16-23(17-22)25-5/h12,15-17,20-21H,5-11,13-14,18-19H2,1-4H3. The SMILES string of the molecule is C=Nc1cccc(C(=O)N(CC(CC)CCCC)CC(CC)CCCC)c1. The zero-order valence-electron chi connectivity index (χ0n) is 18.0. The molecule has 0 bridgehead atoms. The minimum absolute atomic E-state index is 0.144. The van der Waals surface area contributed by atoms with E-state index in [2.05, 4.69) is 44.3 Å². The molecule has 3 heteroatoms. The molecule has 2 atom stereocenters. The molecule has 3 nitrogen and oxygen atoms in total. The summed E-state index contributed by atoms with van der Waals surface area (Å²) in [5.74, 6) is 1.31. The van der Waals surface area contributed by atoms with Crippen LogP contribution in [0.4, 0.5) is 5.69 Å². The van der Waals surface area contributed by atoms with Crippen molar-refractivity contribution >= 4 is 18.3 Å². The number of benzene rings is 1. The molecular formula is C24H40N2O. The van der Waals surface area contributed by atoms with Crippen molar-refractivity contribution in [3.63, 3.8) is 0 Å². The molecule has 0 aliphatic rings. The van der Waals surface area contributed by atoms with Crippen LogP contribution in [0.15, 0.2) is 29.3 Å². The number of hydrogen-bond donors (Lipinski definition) is 0. The van der Waals surface area contributed by atoms with E-state index in [0.717, 1.165) is 37.2 Å². The van der Waals surface area contributed by atoms with Gasteiger partial charge in [0, 0.05) is 18.7 Å². The molecule has 0 saturated carbocycles. The van der Waals surface area contributed by atoms with Gasteiger partial charge in [0.15, 0.2) is 0 Å². The minimum atomic E-state index is 0.144.